The first kappa shape index (κ1) is 24.7. The van der Waals surface area contributed by atoms with Gasteiger partial charge in [-0.1, -0.05) is 29.3 Å². The van der Waals surface area contributed by atoms with Crippen molar-refractivity contribution in [1.82, 2.24) is 10.6 Å². The molecule has 1 unspecified atom stereocenters. The van der Waals surface area contributed by atoms with Gasteiger partial charge in [-0.25, -0.2) is 4.39 Å². The van der Waals surface area contributed by atoms with Gasteiger partial charge in [0.2, 0.25) is 17.7 Å². The van der Waals surface area contributed by atoms with Gasteiger partial charge >= 0.3 is 0 Å². The van der Waals surface area contributed by atoms with Crippen LogP contribution in [0.25, 0.3) is 0 Å². The van der Waals surface area contributed by atoms with Crippen LogP contribution in [-0.4, -0.2) is 23.6 Å². The number of carbonyl (C=O) groups is 4. The summed E-state index contributed by atoms with van der Waals surface area (Å²) in [5.41, 5.74) is 5.16. The Hall–Kier alpha value is -2.97. The average Bonchev–Trinajstić information content (AvgIpc) is 2.72. The second-order valence-electron chi connectivity index (χ2n) is 8.34. The number of carbonyl (C=O) groups excluding carboxylic acids is 4. The minimum Gasteiger partial charge on any atom is -0.366 e. The molecule has 1 aliphatic rings. The number of primary amides is 1. The maximum absolute atomic E-state index is 14.2. The molecule has 1 saturated heterocycles. The molecule has 1 fully saturated rings. The van der Waals surface area contributed by atoms with E-state index in [0.717, 1.165) is 6.07 Å². The predicted octanol–water partition coefficient (Wildman–Crippen LogP) is 3.35. The van der Waals surface area contributed by atoms with Crippen LogP contribution >= 0.6 is 23.2 Å². The van der Waals surface area contributed by atoms with Gasteiger partial charge in [-0.2, -0.15) is 0 Å². The first-order valence-corrected chi connectivity index (χ1v) is 10.9. The van der Waals surface area contributed by atoms with Crippen LogP contribution < -0.4 is 16.4 Å². The maximum Gasteiger partial charge on any atom is 0.251 e. The maximum atomic E-state index is 14.2. The van der Waals surface area contributed by atoms with Gasteiger partial charge in [-0.05, 0) is 55.7 Å². The van der Waals surface area contributed by atoms with Gasteiger partial charge in [0.15, 0.2) is 0 Å². The van der Waals surface area contributed by atoms with E-state index in [4.69, 9.17) is 28.9 Å². The number of nitrogens with one attached hydrogen (secondary N) is 2. The molecular weight excluding hydrogens is 472 g/mol. The third-order valence-electron chi connectivity index (χ3n) is 5.70. The summed E-state index contributed by atoms with van der Waals surface area (Å²) < 4.78 is 14.2. The first-order chi connectivity index (χ1) is 15.4. The highest BCUT2D eigenvalue weighted by molar-refractivity contribution is 6.36. The van der Waals surface area contributed by atoms with E-state index in [1.807, 2.05) is 0 Å². The lowest BCUT2D eigenvalue weighted by Crippen LogP contribution is -2.40. The number of hydrogen-bond acceptors (Lipinski definition) is 4. The summed E-state index contributed by atoms with van der Waals surface area (Å²) in [5, 5.41) is 5.56. The molecule has 1 heterocycles. The Labute approximate surface area is 199 Å². The lowest BCUT2D eigenvalue weighted by Gasteiger charge is -2.25. The van der Waals surface area contributed by atoms with Crippen LogP contribution in [-0.2, 0) is 26.3 Å². The Bertz CT molecular complexity index is 1140. The molecular formula is C23H22Cl2FN3O4. The Balaban J connectivity index is 1.74. The predicted molar refractivity (Wildman–Crippen MR) is 121 cm³/mol. The van der Waals surface area contributed by atoms with Crippen LogP contribution in [0.3, 0.4) is 0 Å². The summed E-state index contributed by atoms with van der Waals surface area (Å²) in [6.45, 7) is 3.32. The number of imide groups is 1. The van der Waals surface area contributed by atoms with Crippen LogP contribution in [0.1, 0.15) is 59.7 Å². The lowest BCUT2D eigenvalue weighted by atomic mass is 9.83. The summed E-state index contributed by atoms with van der Waals surface area (Å²) >= 11 is 12.8. The van der Waals surface area contributed by atoms with Crippen molar-refractivity contribution in [1.29, 1.82) is 0 Å². The molecule has 0 spiro atoms. The van der Waals surface area contributed by atoms with Gasteiger partial charge in [-0.3, -0.25) is 24.5 Å². The van der Waals surface area contributed by atoms with E-state index in [1.54, 1.807) is 26.0 Å². The van der Waals surface area contributed by atoms with Gasteiger partial charge in [0.1, 0.15) is 5.82 Å². The van der Waals surface area contributed by atoms with Crippen molar-refractivity contribution in [2.24, 2.45) is 5.73 Å². The van der Waals surface area contributed by atoms with Crippen molar-refractivity contribution < 1.29 is 23.6 Å². The smallest absolute Gasteiger partial charge is 0.251 e. The Morgan fingerprint density at radius 2 is 1.82 bits per heavy atom. The van der Waals surface area contributed by atoms with E-state index in [-0.39, 0.29) is 34.5 Å². The third kappa shape index (κ3) is 5.17. The lowest BCUT2D eigenvalue weighted by molar-refractivity contribution is -0.134. The quantitative estimate of drug-likeness (QED) is 0.534. The SMILES string of the molecule is CC(C)(C(=O)NCc1cc(Cl)c(C2CCC(=O)NC2=O)c(Cl)c1)c1ccc(C(N)=O)c(F)c1. The zero-order valence-corrected chi connectivity index (χ0v) is 19.4. The van der Waals surface area contributed by atoms with Crippen molar-refractivity contribution in [3.63, 3.8) is 0 Å². The Morgan fingerprint density at radius 1 is 1.18 bits per heavy atom. The number of halogens is 3. The minimum atomic E-state index is -1.11. The molecule has 7 nitrogen and oxygen atoms in total. The van der Waals surface area contributed by atoms with Crippen LogP contribution in [0, 0.1) is 5.82 Å². The van der Waals surface area contributed by atoms with E-state index < -0.39 is 34.9 Å². The van der Waals surface area contributed by atoms with Crippen LogP contribution in [0.2, 0.25) is 10.0 Å². The molecule has 0 radical (unpaired) electrons. The number of rotatable bonds is 6. The number of nitrogens with two attached hydrogens (primary N) is 1. The van der Waals surface area contributed by atoms with E-state index in [2.05, 4.69) is 10.6 Å². The van der Waals surface area contributed by atoms with Gasteiger partial charge in [0, 0.05) is 28.6 Å². The summed E-state index contributed by atoms with van der Waals surface area (Å²) in [6, 6.07) is 7.03. The van der Waals surface area contributed by atoms with E-state index in [1.165, 1.54) is 12.1 Å². The summed E-state index contributed by atoms with van der Waals surface area (Å²) in [7, 11) is 0. The summed E-state index contributed by atoms with van der Waals surface area (Å²) in [6.07, 6.45) is 0.496. The molecule has 33 heavy (non-hydrogen) atoms. The van der Waals surface area contributed by atoms with Crippen molar-refractivity contribution in [3.8, 4) is 0 Å². The highest BCUT2D eigenvalue weighted by Crippen LogP contribution is 2.37. The highest BCUT2D eigenvalue weighted by Gasteiger charge is 2.32. The largest absolute Gasteiger partial charge is 0.366 e. The number of amides is 4. The zero-order valence-electron chi connectivity index (χ0n) is 17.9. The van der Waals surface area contributed by atoms with Crippen LogP contribution in [0.4, 0.5) is 4.39 Å². The summed E-state index contributed by atoms with van der Waals surface area (Å²) in [5.74, 6) is -3.51. The standard InChI is InChI=1S/C23H22Cl2FN3O4/c1-23(2,12-3-4-13(20(27)31)17(26)9-12)22(33)28-10-11-7-15(24)19(16(25)8-11)14-5-6-18(30)29-21(14)32/h3-4,7-9,14H,5-6,10H2,1-2H3,(H2,27,31)(H,28,33)(H,29,30,32). The molecule has 3 rings (SSSR count). The molecule has 10 heteroatoms. The monoisotopic (exact) mass is 493 g/mol. The van der Waals surface area contributed by atoms with Crippen molar-refractivity contribution in [2.45, 2.75) is 44.6 Å². The van der Waals surface area contributed by atoms with Crippen LogP contribution in [0.5, 0.6) is 0 Å². The average molecular weight is 494 g/mol. The first-order valence-electron chi connectivity index (χ1n) is 10.1. The number of piperidine rings is 1. The highest BCUT2D eigenvalue weighted by atomic mass is 35.5. The molecule has 2 aromatic carbocycles. The van der Waals surface area contributed by atoms with E-state index in [9.17, 15) is 23.6 Å². The third-order valence-corrected chi connectivity index (χ3v) is 6.33. The fourth-order valence-electron chi connectivity index (χ4n) is 3.68. The fourth-order valence-corrected chi connectivity index (χ4v) is 4.47. The van der Waals surface area contributed by atoms with Crippen LogP contribution in [0.15, 0.2) is 30.3 Å². The number of hydrogen-bond donors (Lipinski definition) is 3. The molecule has 4 amide bonds. The number of benzene rings is 2. The van der Waals surface area contributed by atoms with Crippen molar-refractivity contribution in [2.75, 3.05) is 0 Å². The molecule has 4 N–H and O–H groups in total. The molecule has 0 aromatic heterocycles. The topological polar surface area (TPSA) is 118 Å². The fraction of sp³-hybridized carbons (Fsp3) is 0.304. The molecule has 2 aromatic rings. The van der Waals surface area contributed by atoms with Gasteiger partial charge < -0.3 is 11.1 Å². The van der Waals surface area contributed by atoms with E-state index in [0.29, 0.717) is 23.1 Å². The van der Waals surface area contributed by atoms with Crippen molar-refractivity contribution in [3.05, 3.63) is 68.4 Å². The molecule has 0 saturated carbocycles. The molecule has 1 atom stereocenters. The Morgan fingerprint density at radius 3 is 2.36 bits per heavy atom. The normalized spacial score (nSPS) is 16.3. The second-order valence-corrected chi connectivity index (χ2v) is 9.16. The molecule has 1 aliphatic heterocycles. The van der Waals surface area contributed by atoms with Gasteiger partial charge in [0.05, 0.1) is 16.9 Å². The molecule has 0 aliphatic carbocycles. The summed E-state index contributed by atoms with van der Waals surface area (Å²) in [4.78, 5) is 47.7. The van der Waals surface area contributed by atoms with E-state index >= 15 is 0 Å². The molecule has 0 bridgehead atoms. The zero-order chi connectivity index (χ0) is 24.5. The Kier molecular flexibility index (Phi) is 7.09. The van der Waals surface area contributed by atoms with Gasteiger partial charge in [-0.15, -0.1) is 0 Å². The minimum absolute atomic E-state index is 0.0825. The molecule has 174 valence electrons. The second kappa shape index (κ2) is 9.49. The van der Waals surface area contributed by atoms with Gasteiger partial charge in [0.25, 0.3) is 5.91 Å². The van der Waals surface area contributed by atoms with Crippen molar-refractivity contribution >= 4 is 46.8 Å².